The average molecular weight is 329 g/mol. The monoisotopic (exact) mass is 329 g/mol. The van der Waals surface area contributed by atoms with Crippen LogP contribution < -0.4 is 0 Å². The maximum atomic E-state index is 13.2. The number of aromatic nitrogens is 1. The zero-order chi connectivity index (χ0) is 17.2. The second-order valence-corrected chi connectivity index (χ2v) is 5.85. The molecule has 0 spiro atoms. The summed E-state index contributed by atoms with van der Waals surface area (Å²) in [6, 6.07) is 14.0. The summed E-state index contributed by atoms with van der Waals surface area (Å²) in [5, 5.41) is 1.97. The van der Waals surface area contributed by atoms with Gasteiger partial charge in [0.05, 0.1) is 11.3 Å². The van der Waals surface area contributed by atoms with E-state index in [9.17, 15) is 13.2 Å². The zero-order valence-corrected chi connectivity index (χ0v) is 13.4. The van der Waals surface area contributed by atoms with Gasteiger partial charge in [-0.1, -0.05) is 43.7 Å². The lowest BCUT2D eigenvalue weighted by atomic mass is 9.96. The average Bonchev–Trinajstić information content (AvgIpc) is 2.58. The van der Waals surface area contributed by atoms with E-state index in [0.29, 0.717) is 12.0 Å². The minimum Gasteiger partial charge on any atom is -0.256 e. The second-order valence-electron chi connectivity index (χ2n) is 5.85. The van der Waals surface area contributed by atoms with Crippen LogP contribution in [0.15, 0.2) is 54.7 Å². The lowest BCUT2D eigenvalue weighted by molar-refractivity contribution is -0.138. The highest BCUT2D eigenvalue weighted by Gasteiger charge is 2.33. The molecule has 0 amide bonds. The molecule has 3 rings (SSSR count). The van der Waals surface area contributed by atoms with Crippen molar-refractivity contribution < 1.29 is 13.2 Å². The van der Waals surface area contributed by atoms with Crippen LogP contribution in [0.3, 0.4) is 0 Å². The molecule has 1 heterocycles. The molecule has 4 heteroatoms. The number of hydrogen-bond donors (Lipinski definition) is 0. The quantitative estimate of drug-likeness (QED) is 0.550. The number of nitrogens with zero attached hydrogens (tertiary/aromatic N) is 1. The molecule has 1 nitrogen and oxygen atoms in total. The van der Waals surface area contributed by atoms with Gasteiger partial charge in [-0.15, -0.1) is 0 Å². The van der Waals surface area contributed by atoms with Crippen molar-refractivity contribution in [2.75, 3.05) is 0 Å². The van der Waals surface area contributed by atoms with Gasteiger partial charge in [0.15, 0.2) is 0 Å². The number of benzene rings is 2. The molecule has 124 valence electrons. The fourth-order valence-corrected chi connectivity index (χ4v) is 2.94. The van der Waals surface area contributed by atoms with E-state index in [2.05, 4.69) is 4.98 Å². The summed E-state index contributed by atoms with van der Waals surface area (Å²) in [5.74, 6) is 0. The SMILES string of the molecule is CCCCc1cc(-c2nccc3ccccc23)ccc1C(F)(F)F. The molecule has 0 N–H and O–H groups in total. The molecule has 0 saturated carbocycles. The normalized spacial score (nSPS) is 11.8. The molecule has 0 aliphatic carbocycles. The smallest absolute Gasteiger partial charge is 0.256 e. The van der Waals surface area contributed by atoms with Crippen LogP contribution in [-0.2, 0) is 12.6 Å². The minimum absolute atomic E-state index is 0.344. The van der Waals surface area contributed by atoms with Crippen LogP contribution in [0, 0.1) is 0 Å². The first-order chi connectivity index (χ1) is 11.5. The van der Waals surface area contributed by atoms with Crippen molar-refractivity contribution in [2.24, 2.45) is 0 Å². The lowest BCUT2D eigenvalue weighted by Gasteiger charge is -2.15. The molecule has 24 heavy (non-hydrogen) atoms. The van der Waals surface area contributed by atoms with Crippen LogP contribution >= 0.6 is 0 Å². The van der Waals surface area contributed by atoms with E-state index in [1.165, 1.54) is 12.1 Å². The molecular formula is C20H18F3N. The number of unbranched alkanes of at least 4 members (excludes halogenated alkanes) is 1. The van der Waals surface area contributed by atoms with Crippen molar-refractivity contribution in [3.63, 3.8) is 0 Å². The highest BCUT2D eigenvalue weighted by Crippen LogP contribution is 2.36. The Kier molecular flexibility index (Phi) is 4.56. The van der Waals surface area contributed by atoms with E-state index in [-0.39, 0.29) is 0 Å². The first kappa shape index (κ1) is 16.5. The van der Waals surface area contributed by atoms with Gasteiger partial charge in [-0.05, 0) is 42.0 Å². The number of fused-ring (bicyclic) bond motifs is 1. The predicted octanol–water partition coefficient (Wildman–Crippen LogP) is 6.26. The molecule has 2 aromatic carbocycles. The highest BCUT2D eigenvalue weighted by atomic mass is 19.4. The van der Waals surface area contributed by atoms with E-state index in [0.717, 1.165) is 34.9 Å². The van der Waals surface area contributed by atoms with E-state index >= 15 is 0 Å². The van der Waals surface area contributed by atoms with Crippen LogP contribution in [0.5, 0.6) is 0 Å². The van der Waals surface area contributed by atoms with Crippen LogP contribution in [0.4, 0.5) is 13.2 Å². The number of halogens is 3. The second kappa shape index (κ2) is 6.63. The molecule has 0 unspecified atom stereocenters. The summed E-state index contributed by atoms with van der Waals surface area (Å²) >= 11 is 0. The Hall–Kier alpha value is -2.36. The van der Waals surface area contributed by atoms with Crippen molar-refractivity contribution in [3.8, 4) is 11.3 Å². The van der Waals surface area contributed by atoms with Gasteiger partial charge in [-0.2, -0.15) is 13.2 Å². The Labute approximate surface area is 139 Å². The highest BCUT2D eigenvalue weighted by molar-refractivity contribution is 5.94. The van der Waals surface area contributed by atoms with E-state index in [1.807, 2.05) is 37.3 Å². The van der Waals surface area contributed by atoms with Crippen LogP contribution in [0.1, 0.15) is 30.9 Å². The Morgan fingerprint density at radius 3 is 2.54 bits per heavy atom. The van der Waals surface area contributed by atoms with Gasteiger partial charge in [-0.3, -0.25) is 4.98 Å². The fraction of sp³-hybridized carbons (Fsp3) is 0.250. The van der Waals surface area contributed by atoms with Crippen LogP contribution in [0.25, 0.3) is 22.0 Å². The van der Waals surface area contributed by atoms with Crippen molar-refractivity contribution in [1.82, 2.24) is 4.98 Å². The Morgan fingerprint density at radius 1 is 1.00 bits per heavy atom. The standard InChI is InChI=1S/C20H18F3N/c1-2-3-6-15-13-16(9-10-18(15)20(21,22)23)19-17-8-5-4-7-14(17)11-12-24-19/h4-5,7-13H,2-3,6H2,1H3. The van der Waals surface area contributed by atoms with E-state index < -0.39 is 11.7 Å². The minimum atomic E-state index is -4.33. The first-order valence-electron chi connectivity index (χ1n) is 8.05. The van der Waals surface area contributed by atoms with Crippen molar-refractivity contribution in [3.05, 3.63) is 65.9 Å². The molecule has 3 aromatic rings. The van der Waals surface area contributed by atoms with Gasteiger partial charge in [0, 0.05) is 17.1 Å². The van der Waals surface area contributed by atoms with Crippen LogP contribution in [-0.4, -0.2) is 4.98 Å². The Morgan fingerprint density at radius 2 is 1.79 bits per heavy atom. The topological polar surface area (TPSA) is 12.9 Å². The number of pyridine rings is 1. The van der Waals surface area contributed by atoms with Gasteiger partial charge in [0.1, 0.15) is 0 Å². The zero-order valence-electron chi connectivity index (χ0n) is 13.4. The maximum Gasteiger partial charge on any atom is 0.416 e. The number of hydrogen-bond acceptors (Lipinski definition) is 1. The lowest BCUT2D eigenvalue weighted by Crippen LogP contribution is -2.09. The molecule has 0 aliphatic rings. The molecule has 0 fully saturated rings. The van der Waals surface area contributed by atoms with Gasteiger partial charge in [-0.25, -0.2) is 0 Å². The van der Waals surface area contributed by atoms with E-state index in [4.69, 9.17) is 0 Å². The van der Waals surface area contributed by atoms with Crippen molar-refractivity contribution >= 4 is 10.8 Å². The molecule has 0 aliphatic heterocycles. The largest absolute Gasteiger partial charge is 0.416 e. The Bertz CT molecular complexity index is 848. The van der Waals surface area contributed by atoms with Crippen molar-refractivity contribution in [1.29, 1.82) is 0 Å². The summed E-state index contributed by atoms with van der Waals surface area (Å²) in [5.41, 5.74) is 1.25. The van der Waals surface area contributed by atoms with Crippen LogP contribution in [0.2, 0.25) is 0 Å². The summed E-state index contributed by atoms with van der Waals surface area (Å²) < 4.78 is 39.7. The predicted molar refractivity (Wildman–Crippen MR) is 90.8 cm³/mol. The van der Waals surface area contributed by atoms with Gasteiger partial charge >= 0.3 is 6.18 Å². The molecule has 0 atom stereocenters. The molecular weight excluding hydrogens is 311 g/mol. The third-order valence-corrected chi connectivity index (χ3v) is 4.16. The third kappa shape index (κ3) is 3.28. The summed E-state index contributed by atoms with van der Waals surface area (Å²) in [4.78, 5) is 4.41. The Balaban J connectivity index is 2.14. The molecule has 0 bridgehead atoms. The molecule has 0 radical (unpaired) electrons. The van der Waals surface area contributed by atoms with Gasteiger partial charge in [0.25, 0.3) is 0 Å². The number of aryl methyl sites for hydroxylation is 1. The maximum absolute atomic E-state index is 13.2. The van der Waals surface area contributed by atoms with E-state index in [1.54, 1.807) is 12.3 Å². The number of rotatable bonds is 4. The first-order valence-corrected chi connectivity index (χ1v) is 8.05. The third-order valence-electron chi connectivity index (χ3n) is 4.16. The fourth-order valence-electron chi connectivity index (χ4n) is 2.94. The summed E-state index contributed by atoms with van der Waals surface area (Å²) in [6.45, 7) is 1.98. The molecule has 1 aromatic heterocycles. The summed E-state index contributed by atoms with van der Waals surface area (Å²) in [6.07, 6.45) is -0.623. The van der Waals surface area contributed by atoms with Gasteiger partial charge in [0.2, 0.25) is 0 Å². The van der Waals surface area contributed by atoms with Crippen molar-refractivity contribution in [2.45, 2.75) is 32.4 Å². The van der Waals surface area contributed by atoms with Gasteiger partial charge < -0.3 is 0 Å². The number of alkyl halides is 3. The summed E-state index contributed by atoms with van der Waals surface area (Å²) in [7, 11) is 0. The molecule has 0 saturated heterocycles.